The number of rotatable bonds is 1. The van der Waals surface area contributed by atoms with Crippen molar-refractivity contribution in [3.63, 3.8) is 0 Å². The summed E-state index contributed by atoms with van der Waals surface area (Å²) in [6.45, 7) is 0.451. The van der Waals surface area contributed by atoms with Crippen LogP contribution in [0.4, 0.5) is 0 Å². The third kappa shape index (κ3) is 2.39. The van der Waals surface area contributed by atoms with Crippen molar-refractivity contribution >= 4 is 0 Å². The number of aliphatic hydroxyl groups excluding tert-OH is 1. The highest BCUT2D eigenvalue weighted by atomic mass is 16.2. The Labute approximate surface area is 72.0 Å². The van der Waals surface area contributed by atoms with Gasteiger partial charge in [0.25, 0.3) is 0 Å². The molecule has 0 atom stereocenters. The van der Waals surface area contributed by atoms with Gasteiger partial charge in [0.2, 0.25) is 0 Å². The molecule has 3 N–H and O–H groups in total. The molecule has 2 heteroatoms. The van der Waals surface area contributed by atoms with E-state index in [1.807, 2.05) is 24.3 Å². The van der Waals surface area contributed by atoms with Crippen molar-refractivity contribution in [2.24, 2.45) is 5.73 Å². The molecular formula is C10H11NO. The normalized spacial score (nSPS) is 8.83. The summed E-state index contributed by atoms with van der Waals surface area (Å²) in [6, 6.07) is 7.65. The van der Waals surface area contributed by atoms with E-state index in [1.165, 1.54) is 0 Å². The zero-order valence-electron chi connectivity index (χ0n) is 6.75. The van der Waals surface area contributed by atoms with E-state index in [2.05, 4.69) is 11.8 Å². The first-order valence-electron chi connectivity index (χ1n) is 3.75. The van der Waals surface area contributed by atoms with Crippen molar-refractivity contribution in [2.75, 3.05) is 6.61 Å². The summed E-state index contributed by atoms with van der Waals surface area (Å²) in [7, 11) is 0. The fourth-order valence-electron chi connectivity index (χ4n) is 0.866. The van der Waals surface area contributed by atoms with Crippen LogP contribution in [-0.4, -0.2) is 11.7 Å². The number of benzene rings is 1. The lowest BCUT2D eigenvalue weighted by molar-refractivity contribution is 0.350. The van der Waals surface area contributed by atoms with Crippen LogP contribution in [0.5, 0.6) is 0 Å². The average Bonchev–Trinajstić information content (AvgIpc) is 2.15. The van der Waals surface area contributed by atoms with Crippen molar-refractivity contribution < 1.29 is 5.11 Å². The molecule has 0 aliphatic heterocycles. The van der Waals surface area contributed by atoms with E-state index in [0.29, 0.717) is 6.54 Å². The van der Waals surface area contributed by atoms with Crippen LogP contribution in [0.15, 0.2) is 24.3 Å². The fraction of sp³-hybridized carbons (Fsp3) is 0.200. The van der Waals surface area contributed by atoms with E-state index < -0.39 is 0 Å². The summed E-state index contributed by atoms with van der Waals surface area (Å²) in [5.74, 6) is 5.38. The minimum atomic E-state index is -0.0986. The molecule has 0 aliphatic carbocycles. The monoisotopic (exact) mass is 161 g/mol. The number of hydrogen-bond donors (Lipinski definition) is 2. The Morgan fingerprint density at radius 1 is 1.25 bits per heavy atom. The second-order valence-corrected chi connectivity index (χ2v) is 2.36. The van der Waals surface area contributed by atoms with Gasteiger partial charge in [0.1, 0.15) is 6.61 Å². The molecule has 0 saturated carbocycles. The highest BCUT2D eigenvalue weighted by Gasteiger charge is 1.87. The molecule has 12 heavy (non-hydrogen) atoms. The van der Waals surface area contributed by atoms with Crippen molar-refractivity contribution in [1.82, 2.24) is 0 Å². The van der Waals surface area contributed by atoms with Crippen LogP contribution in [0.1, 0.15) is 11.1 Å². The molecule has 0 aromatic heterocycles. The molecule has 62 valence electrons. The average molecular weight is 161 g/mol. The molecule has 0 aliphatic rings. The second-order valence-electron chi connectivity index (χ2n) is 2.36. The quantitative estimate of drug-likeness (QED) is 0.589. The third-order valence-corrected chi connectivity index (χ3v) is 1.50. The van der Waals surface area contributed by atoms with Gasteiger partial charge in [-0.1, -0.05) is 24.0 Å². The van der Waals surface area contributed by atoms with Gasteiger partial charge in [-0.05, 0) is 17.7 Å². The van der Waals surface area contributed by atoms with E-state index in [0.717, 1.165) is 11.1 Å². The molecule has 0 saturated heterocycles. The smallest absolute Gasteiger partial charge is 0.104 e. The first kappa shape index (κ1) is 8.79. The van der Waals surface area contributed by atoms with Crippen LogP contribution in [0.2, 0.25) is 0 Å². The van der Waals surface area contributed by atoms with Gasteiger partial charge in [0, 0.05) is 12.1 Å². The first-order valence-corrected chi connectivity index (χ1v) is 3.75. The number of nitrogens with two attached hydrogens (primary N) is 1. The van der Waals surface area contributed by atoms with Gasteiger partial charge in [0.05, 0.1) is 0 Å². The molecule has 0 spiro atoms. The van der Waals surface area contributed by atoms with Crippen LogP contribution < -0.4 is 5.73 Å². The molecule has 0 heterocycles. The molecule has 0 amide bonds. The van der Waals surface area contributed by atoms with Gasteiger partial charge in [-0.25, -0.2) is 0 Å². The first-order chi connectivity index (χ1) is 5.86. The maximum Gasteiger partial charge on any atom is 0.104 e. The molecule has 0 radical (unpaired) electrons. The summed E-state index contributed by atoms with van der Waals surface area (Å²) < 4.78 is 0. The van der Waals surface area contributed by atoms with Crippen LogP contribution in [-0.2, 0) is 6.54 Å². The van der Waals surface area contributed by atoms with E-state index in [4.69, 9.17) is 10.8 Å². The van der Waals surface area contributed by atoms with Crippen LogP contribution in [0, 0.1) is 11.8 Å². The predicted octanol–water partition coefficient (Wildman–Crippen LogP) is 0.489. The van der Waals surface area contributed by atoms with E-state index in [-0.39, 0.29) is 6.61 Å². The Balaban J connectivity index is 2.78. The summed E-state index contributed by atoms with van der Waals surface area (Å²) in [4.78, 5) is 0. The molecule has 1 aromatic rings. The molecule has 2 nitrogen and oxygen atoms in total. The van der Waals surface area contributed by atoms with Crippen LogP contribution >= 0.6 is 0 Å². The fourth-order valence-corrected chi connectivity index (χ4v) is 0.866. The van der Waals surface area contributed by atoms with Crippen molar-refractivity contribution in [3.05, 3.63) is 35.4 Å². The maximum absolute atomic E-state index is 8.43. The molecule has 1 aromatic carbocycles. The van der Waals surface area contributed by atoms with Crippen molar-refractivity contribution in [3.8, 4) is 11.8 Å². The van der Waals surface area contributed by atoms with E-state index >= 15 is 0 Å². The van der Waals surface area contributed by atoms with Gasteiger partial charge in [-0.2, -0.15) is 0 Å². The molecule has 0 unspecified atom stereocenters. The molecule has 0 fully saturated rings. The minimum Gasteiger partial charge on any atom is -0.384 e. The Morgan fingerprint density at radius 2 is 1.92 bits per heavy atom. The zero-order chi connectivity index (χ0) is 8.81. The molecular weight excluding hydrogens is 150 g/mol. The highest BCUT2D eigenvalue weighted by molar-refractivity contribution is 5.36. The lowest BCUT2D eigenvalue weighted by Gasteiger charge is -1.94. The Hall–Kier alpha value is -1.30. The summed E-state index contributed by atoms with van der Waals surface area (Å²) >= 11 is 0. The topological polar surface area (TPSA) is 46.2 Å². The predicted molar refractivity (Wildman–Crippen MR) is 48.3 cm³/mol. The van der Waals surface area contributed by atoms with E-state index in [9.17, 15) is 0 Å². The standard InChI is InChI=1S/C10H11NO/c11-8-10-5-3-9(4-6-10)2-1-7-12/h3-6,12H,7-8,11H2. The van der Waals surface area contributed by atoms with Crippen LogP contribution in [0.25, 0.3) is 0 Å². The van der Waals surface area contributed by atoms with Crippen LogP contribution in [0.3, 0.4) is 0 Å². The lowest BCUT2D eigenvalue weighted by Crippen LogP contribution is -1.95. The number of aliphatic hydroxyl groups is 1. The van der Waals surface area contributed by atoms with Gasteiger partial charge < -0.3 is 10.8 Å². The SMILES string of the molecule is NCc1ccc(C#CCO)cc1. The largest absolute Gasteiger partial charge is 0.384 e. The summed E-state index contributed by atoms with van der Waals surface area (Å²) in [5, 5.41) is 8.43. The van der Waals surface area contributed by atoms with Gasteiger partial charge in [-0.15, -0.1) is 0 Å². The van der Waals surface area contributed by atoms with Crippen molar-refractivity contribution in [1.29, 1.82) is 0 Å². The van der Waals surface area contributed by atoms with Gasteiger partial charge in [0.15, 0.2) is 0 Å². The van der Waals surface area contributed by atoms with E-state index in [1.54, 1.807) is 0 Å². The summed E-state index contributed by atoms with van der Waals surface area (Å²) in [6.07, 6.45) is 0. The molecule has 1 rings (SSSR count). The number of hydrogen-bond acceptors (Lipinski definition) is 2. The maximum atomic E-state index is 8.43. The van der Waals surface area contributed by atoms with Crippen molar-refractivity contribution in [2.45, 2.75) is 6.54 Å². The Bertz CT molecular complexity index is 292. The highest BCUT2D eigenvalue weighted by Crippen LogP contribution is 2.01. The molecule has 0 bridgehead atoms. The Kier molecular flexibility index (Phi) is 3.34. The third-order valence-electron chi connectivity index (χ3n) is 1.50. The summed E-state index contributed by atoms with van der Waals surface area (Å²) in [5.41, 5.74) is 7.42. The van der Waals surface area contributed by atoms with Gasteiger partial charge in [-0.3, -0.25) is 0 Å². The zero-order valence-corrected chi connectivity index (χ0v) is 6.75. The minimum absolute atomic E-state index is 0.0986. The van der Waals surface area contributed by atoms with Gasteiger partial charge >= 0.3 is 0 Å². The second kappa shape index (κ2) is 4.55. The lowest BCUT2D eigenvalue weighted by atomic mass is 10.1. The Morgan fingerprint density at radius 3 is 2.42 bits per heavy atom.